The number of hydrogen-bond donors (Lipinski definition) is 2. The van der Waals surface area contributed by atoms with Gasteiger partial charge < -0.3 is 10.3 Å². The standard InChI is InChI=1S/C10H13N3OS/c14-10-6-4-11-5-7(6)12-9(13-10)8-2-1-3-15-8/h8,11H,1-5H2,(H,12,13,14). The average molecular weight is 223 g/mol. The largest absolute Gasteiger partial charge is 0.309 e. The lowest BCUT2D eigenvalue weighted by molar-refractivity contribution is 0.745. The molecular weight excluding hydrogens is 210 g/mol. The van der Waals surface area contributed by atoms with Crippen molar-refractivity contribution in [2.75, 3.05) is 5.75 Å². The maximum absolute atomic E-state index is 11.7. The molecule has 1 atom stereocenters. The average Bonchev–Trinajstić information content (AvgIpc) is 2.88. The molecule has 1 fully saturated rings. The molecule has 3 rings (SSSR count). The zero-order chi connectivity index (χ0) is 10.3. The van der Waals surface area contributed by atoms with Crippen molar-refractivity contribution in [3.05, 3.63) is 27.4 Å². The van der Waals surface area contributed by atoms with Crippen LogP contribution in [0.25, 0.3) is 0 Å². The minimum absolute atomic E-state index is 0.0486. The van der Waals surface area contributed by atoms with Gasteiger partial charge in [0.1, 0.15) is 5.82 Å². The summed E-state index contributed by atoms with van der Waals surface area (Å²) in [6.07, 6.45) is 2.37. The highest BCUT2D eigenvalue weighted by molar-refractivity contribution is 7.99. The number of H-pyrrole nitrogens is 1. The fourth-order valence-corrected chi connectivity index (χ4v) is 3.36. The van der Waals surface area contributed by atoms with Gasteiger partial charge >= 0.3 is 0 Å². The third kappa shape index (κ3) is 1.59. The van der Waals surface area contributed by atoms with Crippen LogP contribution in [-0.4, -0.2) is 15.7 Å². The quantitative estimate of drug-likeness (QED) is 0.744. The molecule has 1 aromatic rings. The van der Waals surface area contributed by atoms with E-state index in [0.29, 0.717) is 11.8 Å². The van der Waals surface area contributed by atoms with Crippen molar-refractivity contribution >= 4 is 11.8 Å². The third-order valence-electron chi connectivity index (χ3n) is 2.95. The Hall–Kier alpha value is -0.810. The molecule has 1 aromatic heterocycles. The van der Waals surface area contributed by atoms with Gasteiger partial charge in [0.15, 0.2) is 0 Å². The second-order valence-electron chi connectivity index (χ2n) is 3.98. The maximum atomic E-state index is 11.7. The van der Waals surface area contributed by atoms with Crippen LogP contribution < -0.4 is 10.9 Å². The number of fused-ring (bicyclic) bond motifs is 1. The van der Waals surface area contributed by atoms with E-state index in [0.717, 1.165) is 30.0 Å². The van der Waals surface area contributed by atoms with Crippen LogP contribution in [0.1, 0.15) is 35.2 Å². The summed E-state index contributed by atoms with van der Waals surface area (Å²) in [7, 11) is 0. The van der Waals surface area contributed by atoms with Crippen molar-refractivity contribution in [2.24, 2.45) is 0 Å². The Kier molecular flexibility index (Phi) is 2.29. The van der Waals surface area contributed by atoms with E-state index in [9.17, 15) is 4.79 Å². The summed E-state index contributed by atoms with van der Waals surface area (Å²) in [5, 5.41) is 3.56. The first-order valence-electron chi connectivity index (χ1n) is 5.29. The van der Waals surface area contributed by atoms with E-state index in [2.05, 4.69) is 15.3 Å². The molecule has 0 spiro atoms. The Morgan fingerprint density at radius 2 is 2.33 bits per heavy atom. The lowest BCUT2D eigenvalue weighted by Crippen LogP contribution is -2.18. The lowest BCUT2D eigenvalue weighted by atomic mass is 10.2. The maximum Gasteiger partial charge on any atom is 0.255 e. The fourth-order valence-electron chi connectivity index (χ4n) is 2.14. The first kappa shape index (κ1) is 9.42. The Labute approximate surface area is 91.9 Å². The van der Waals surface area contributed by atoms with Crippen molar-refractivity contribution in [2.45, 2.75) is 31.2 Å². The molecule has 15 heavy (non-hydrogen) atoms. The Morgan fingerprint density at radius 3 is 3.13 bits per heavy atom. The van der Waals surface area contributed by atoms with Crippen LogP contribution in [0.15, 0.2) is 4.79 Å². The summed E-state index contributed by atoms with van der Waals surface area (Å²) in [6, 6.07) is 0. The lowest BCUT2D eigenvalue weighted by Gasteiger charge is -2.08. The Bertz CT molecular complexity index is 437. The molecular formula is C10H13N3OS. The van der Waals surface area contributed by atoms with Gasteiger partial charge in [0.25, 0.3) is 5.56 Å². The van der Waals surface area contributed by atoms with Gasteiger partial charge in [-0.15, -0.1) is 0 Å². The summed E-state index contributed by atoms with van der Waals surface area (Å²) >= 11 is 1.90. The molecule has 3 heterocycles. The van der Waals surface area contributed by atoms with E-state index < -0.39 is 0 Å². The van der Waals surface area contributed by atoms with Gasteiger partial charge in [-0.05, 0) is 18.6 Å². The zero-order valence-electron chi connectivity index (χ0n) is 8.38. The number of aromatic amines is 1. The van der Waals surface area contributed by atoms with Crippen molar-refractivity contribution in [3.63, 3.8) is 0 Å². The van der Waals surface area contributed by atoms with E-state index in [1.165, 1.54) is 12.2 Å². The number of hydrogen-bond acceptors (Lipinski definition) is 4. The van der Waals surface area contributed by atoms with Crippen LogP contribution in [0.5, 0.6) is 0 Å². The monoisotopic (exact) mass is 223 g/mol. The van der Waals surface area contributed by atoms with Gasteiger partial charge in [-0.3, -0.25) is 4.79 Å². The van der Waals surface area contributed by atoms with E-state index in [4.69, 9.17) is 0 Å². The second kappa shape index (κ2) is 3.64. The molecule has 4 nitrogen and oxygen atoms in total. The van der Waals surface area contributed by atoms with Crippen molar-refractivity contribution in [1.29, 1.82) is 0 Å². The first-order chi connectivity index (χ1) is 7.34. The topological polar surface area (TPSA) is 57.8 Å². The SMILES string of the molecule is O=c1[nH]c(C2CCCS2)nc2c1CNC2. The Morgan fingerprint density at radius 1 is 1.40 bits per heavy atom. The van der Waals surface area contributed by atoms with E-state index in [1.54, 1.807) is 0 Å². The van der Waals surface area contributed by atoms with E-state index in [-0.39, 0.29) is 5.56 Å². The van der Waals surface area contributed by atoms with Gasteiger partial charge in [-0.25, -0.2) is 4.98 Å². The normalized spacial score (nSPS) is 24.4. The molecule has 2 N–H and O–H groups in total. The van der Waals surface area contributed by atoms with Crippen LogP contribution in [0.4, 0.5) is 0 Å². The van der Waals surface area contributed by atoms with Crippen molar-refractivity contribution in [1.82, 2.24) is 15.3 Å². The molecule has 2 aliphatic rings. The highest BCUT2D eigenvalue weighted by atomic mass is 32.2. The van der Waals surface area contributed by atoms with Crippen LogP contribution in [0.2, 0.25) is 0 Å². The highest BCUT2D eigenvalue weighted by Crippen LogP contribution is 2.37. The molecule has 80 valence electrons. The first-order valence-corrected chi connectivity index (χ1v) is 6.34. The fraction of sp³-hybridized carbons (Fsp3) is 0.600. The predicted octanol–water partition coefficient (Wildman–Crippen LogP) is 0.941. The van der Waals surface area contributed by atoms with Gasteiger partial charge in [0, 0.05) is 13.1 Å². The van der Waals surface area contributed by atoms with Crippen LogP contribution >= 0.6 is 11.8 Å². The molecule has 5 heteroatoms. The van der Waals surface area contributed by atoms with Gasteiger partial charge in [0.2, 0.25) is 0 Å². The van der Waals surface area contributed by atoms with Crippen molar-refractivity contribution < 1.29 is 0 Å². The van der Waals surface area contributed by atoms with Crippen molar-refractivity contribution in [3.8, 4) is 0 Å². The molecule has 0 amide bonds. The minimum Gasteiger partial charge on any atom is -0.309 e. The number of nitrogens with zero attached hydrogens (tertiary/aromatic N) is 1. The highest BCUT2D eigenvalue weighted by Gasteiger charge is 2.23. The van der Waals surface area contributed by atoms with Gasteiger partial charge in [-0.2, -0.15) is 11.8 Å². The van der Waals surface area contributed by atoms with Crippen LogP contribution in [0.3, 0.4) is 0 Å². The molecule has 0 radical (unpaired) electrons. The predicted molar refractivity (Wildman–Crippen MR) is 59.8 cm³/mol. The molecule has 0 aliphatic carbocycles. The Balaban J connectivity index is 2.03. The van der Waals surface area contributed by atoms with Crippen LogP contribution in [0, 0.1) is 0 Å². The smallest absolute Gasteiger partial charge is 0.255 e. The third-order valence-corrected chi connectivity index (χ3v) is 4.33. The van der Waals surface area contributed by atoms with E-state index in [1.807, 2.05) is 11.8 Å². The number of rotatable bonds is 1. The molecule has 1 unspecified atom stereocenters. The number of thioether (sulfide) groups is 1. The molecule has 0 bridgehead atoms. The van der Waals surface area contributed by atoms with E-state index >= 15 is 0 Å². The molecule has 0 saturated carbocycles. The second-order valence-corrected chi connectivity index (χ2v) is 5.29. The summed E-state index contributed by atoms with van der Waals surface area (Å²) in [6.45, 7) is 1.40. The summed E-state index contributed by atoms with van der Waals surface area (Å²) in [4.78, 5) is 19.2. The molecule has 0 aromatic carbocycles. The number of nitrogens with one attached hydrogen (secondary N) is 2. The van der Waals surface area contributed by atoms with Gasteiger partial charge in [-0.1, -0.05) is 0 Å². The van der Waals surface area contributed by atoms with Gasteiger partial charge in [0.05, 0.1) is 16.5 Å². The zero-order valence-corrected chi connectivity index (χ0v) is 9.19. The minimum atomic E-state index is 0.0486. The summed E-state index contributed by atoms with van der Waals surface area (Å²) < 4.78 is 0. The molecule has 1 saturated heterocycles. The summed E-state index contributed by atoms with van der Waals surface area (Å²) in [5.41, 5.74) is 1.82. The molecule has 2 aliphatic heterocycles. The number of aromatic nitrogens is 2. The van der Waals surface area contributed by atoms with Crippen LogP contribution in [-0.2, 0) is 13.1 Å². The summed E-state index contributed by atoms with van der Waals surface area (Å²) in [5.74, 6) is 2.06.